The fourth-order valence-corrected chi connectivity index (χ4v) is 3.78. The van der Waals surface area contributed by atoms with Crippen LogP contribution in [0.1, 0.15) is 12.0 Å². The number of sulfonamides is 1. The Balaban J connectivity index is 1.59. The largest absolute Gasteiger partial charge is 0.486 e. The molecule has 128 valence electrons. The molecule has 0 aliphatic carbocycles. The molecule has 1 heterocycles. The van der Waals surface area contributed by atoms with Crippen molar-refractivity contribution in [2.75, 3.05) is 19.8 Å². The number of halogens is 1. The molecule has 0 aromatic heterocycles. The molecule has 0 amide bonds. The summed E-state index contributed by atoms with van der Waals surface area (Å²) < 4.78 is 38.2. The fraction of sp³-hybridized carbons (Fsp3) is 0.294. The van der Waals surface area contributed by atoms with Crippen molar-refractivity contribution < 1.29 is 17.9 Å². The number of nitrogens with one attached hydrogen (secondary N) is 1. The summed E-state index contributed by atoms with van der Waals surface area (Å²) >= 11 is 6.09. The van der Waals surface area contributed by atoms with Gasteiger partial charge in [-0.25, -0.2) is 13.1 Å². The maximum absolute atomic E-state index is 12.4. The van der Waals surface area contributed by atoms with E-state index in [9.17, 15) is 8.42 Å². The van der Waals surface area contributed by atoms with E-state index in [1.807, 2.05) is 24.3 Å². The van der Waals surface area contributed by atoms with Crippen LogP contribution in [-0.2, 0) is 16.4 Å². The molecule has 0 unspecified atom stereocenters. The van der Waals surface area contributed by atoms with Gasteiger partial charge in [-0.15, -0.1) is 0 Å². The normalized spacial score (nSPS) is 13.7. The van der Waals surface area contributed by atoms with Crippen LogP contribution in [0, 0.1) is 0 Å². The van der Waals surface area contributed by atoms with Crippen LogP contribution in [0.15, 0.2) is 47.4 Å². The van der Waals surface area contributed by atoms with Crippen molar-refractivity contribution in [2.24, 2.45) is 0 Å². The highest BCUT2D eigenvalue weighted by Gasteiger charge is 2.18. The van der Waals surface area contributed by atoms with Crippen LogP contribution >= 0.6 is 11.6 Å². The average Bonchev–Trinajstić information content (AvgIpc) is 2.59. The third kappa shape index (κ3) is 4.01. The molecule has 0 atom stereocenters. The van der Waals surface area contributed by atoms with Gasteiger partial charge in [-0.2, -0.15) is 0 Å². The summed E-state index contributed by atoms with van der Waals surface area (Å²) in [6.07, 6.45) is 1.37. The molecular weight excluding hydrogens is 350 g/mol. The van der Waals surface area contributed by atoms with E-state index in [-0.39, 0.29) is 4.90 Å². The molecule has 0 spiro atoms. The zero-order valence-electron chi connectivity index (χ0n) is 13.0. The second-order valence-electron chi connectivity index (χ2n) is 5.40. The van der Waals surface area contributed by atoms with Crippen LogP contribution in [0.4, 0.5) is 0 Å². The standard InChI is InChI=1S/C17H18ClNO4S/c18-15-6-2-1-4-13(15)5-3-9-19-24(20,21)14-7-8-16-17(12-14)23-11-10-22-16/h1-2,4,6-8,12,19H,3,5,9-11H2. The van der Waals surface area contributed by atoms with E-state index in [2.05, 4.69) is 4.72 Å². The maximum Gasteiger partial charge on any atom is 0.240 e. The Bertz CT molecular complexity index is 823. The van der Waals surface area contributed by atoms with E-state index in [1.54, 1.807) is 6.07 Å². The zero-order chi connectivity index (χ0) is 17.0. The minimum atomic E-state index is -3.58. The smallest absolute Gasteiger partial charge is 0.240 e. The summed E-state index contributed by atoms with van der Waals surface area (Å²) in [5.74, 6) is 1.03. The second kappa shape index (κ2) is 7.42. The number of benzene rings is 2. The lowest BCUT2D eigenvalue weighted by molar-refractivity contribution is 0.171. The number of fused-ring (bicyclic) bond motifs is 1. The van der Waals surface area contributed by atoms with Crippen molar-refractivity contribution in [1.29, 1.82) is 0 Å². The highest BCUT2D eigenvalue weighted by atomic mass is 35.5. The van der Waals surface area contributed by atoms with E-state index < -0.39 is 10.0 Å². The van der Waals surface area contributed by atoms with E-state index in [1.165, 1.54) is 12.1 Å². The topological polar surface area (TPSA) is 64.6 Å². The molecule has 0 saturated heterocycles. The zero-order valence-corrected chi connectivity index (χ0v) is 14.6. The van der Waals surface area contributed by atoms with Gasteiger partial charge in [-0.05, 0) is 36.6 Å². The highest BCUT2D eigenvalue weighted by molar-refractivity contribution is 7.89. The van der Waals surface area contributed by atoms with Crippen molar-refractivity contribution >= 4 is 21.6 Å². The Morgan fingerprint density at radius 1 is 1.04 bits per heavy atom. The van der Waals surface area contributed by atoms with Crippen molar-refractivity contribution in [3.8, 4) is 11.5 Å². The van der Waals surface area contributed by atoms with Crippen molar-refractivity contribution in [1.82, 2.24) is 4.72 Å². The van der Waals surface area contributed by atoms with Crippen LogP contribution in [0.2, 0.25) is 5.02 Å². The van der Waals surface area contributed by atoms with Crippen LogP contribution < -0.4 is 14.2 Å². The summed E-state index contributed by atoms with van der Waals surface area (Å²) in [7, 11) is -3.58. The van der Waals surface area contributed by atoms with E-state index in [0.717, 1.165) is 5.56 Å². The Morgan fingerprint density at radius 2 is 1.79 bits per heavy atom. The molecule has 5 nitrogen and oxygen atoms in total. The van der Waals surface area contributed by atoms with Gasteiger partial charge in [0.25, 0.3) is 0 Å². The monoisotopic (exact) mass is 367 g/mol. The molecule has 1 aliphatic heterocycles. The first kappa shape index (κ1) is 17.1. The Hall–Kier alpha value is -1.76. The van der Waals surface area contributed by atoms with Gasteiger partial charge in [-0.1, -0.05) is 29.8 Å². The number of rotatable bonds is 6. The molecule has 7 heteroatoms. The van der Waals surface area contributed by atoms with Gasteiger partial charge in [-0.3, -0.25) is 0 Å². The molecular formula is C17H18ClNO4S. The molecule has 0 radical (unpaired) electrons. The minimum Gasteiger partial charge on any atom is -0.486 e. The van der Waals surface area contributed by atoms with Crippen LogP contribution in [0.5, 0.6) is 11.5 Å². The van der Waals surface area contributed by atoms with Crippen LogP contribution in [0.25, 0.3) is 0 Å². The second-order valence-corrected chi connectivity index (χ2v) is 7.57. The van der Waals surface area contributed by atoms with Gasteiger partial charge in [0.1, 0.15) is 13.2 Å². The molecule has 1 aliphatic rings. The molecule has 2 aromatic carbocycles. The number of hydrogen-bond donors (Lipinski definition) is 1. The van der Waals surface area contributed by atoms with E-state index >= 15 is 0 Å². The first-order valence-electron chi connectivity index (χ1n) is 7.69. The summed E-state index contributed by atoms with van der Waals surface area (Å²) in [5.41, 5.74) is 1.01. The lowest BCUT2D eigenvalue weighted by Gasteiger charge is -2.18. The Morgan fingerprint density at radius 3 is 2.58 bits per heavy atom. The summed E-state index contributed by atoms with van der Waals surface area (Å²) in [4.78, 5) is 0.171. The summed E-state index contributed by atoms with van der Waals surface area (Å²) in [6, 6.07) is 12.2. The van der Waals surface area contributed by atoms with E-state index in [0.29, 0.717) is 49.1 Å². The van der Waals surface area contributed by atoms with Crippen LogP contribution in [-0.4, -0.2) is 28.2 Å². The third-order valence-electron chi connectivity index (χ3n) is 3.70. The van der Waals surface area contributed by atoms with Gasteiger partial charge < -0.3 is 9.47 Å². The lowest BCUT2D eigenvalue weighted by Crippen LogP contribution is -2.25. The number of aryl methyl sites for hydroxylation is 1. The summed E-state index contributed by atoms with van der Waals surface area (Å²) in [5, 5.41) is 0.701. The van der Waals surface area contributed by atoms with Crippen molar-refractivity contribution in [2.45, 2.75) is 17.7 Å². The highest BCUT2D eigenvalue weighted by Crippen LogP contribution is 2.32. The predicted molar refractivity (Wildman–Crippen MR) is 92.4 cm³/mol. The van der Waals surface area contributed by atoms with Crippen molar-refractivity contribution in [3.05, 3.63) is 53.1 Å². The Labute approximate surface area is 146 Å². The first-order valence-corrected chi connectivity index (χ1v) is 9.55. The number of ether oxygens (including phenoxy) is 2. The SMILES string of the molecule is O=S(=O)(NCCCc1ccccc1Cl)c1ccc2c(c1)OCCO2. The van der Waals surface area contributed by atoms with Crippen LogP contribution in [0.3, 0.4) is 0 Å². The average molecular weight is 368 g/mol. The third-order valence-corrected chi connectivity index (χ3v) is 5.52. The summed E-state index contributed by atoms with van der Waals surface area (Å²) in [6.45, 7) is 1.23. The molecule has 2 aromatic rings. The minimum absolute atomic E-state index is 0.171. The Kier molecular flexibility index (Phi) is 5.28. The first-order chi connectivity index (χ1) is 11.6. The van der Waals surface area contributed by atoms with Gasteiger partial charge in [0.2, 0.25) is 10.0 Å². The molecule has 1 N–H and O–H groups in total. The molecule has 24 heavy (non-hydrogen) atoms. The predicted octanol–water partition coefficient (Wildman–Crippen LogP) is 3.02. The number of hydrogen-bond acceptors (Lipinski definition) is 4. The molecule has 0 saturated carbocycles. The lowest BCUT2D eigenvalue weighted by atomic mass is 10.1. The molecule has 0 fully saturated rings. The van der Waals surface area contributed by atoms with Gasteiger partial charge in [0.15, 0.2) is 11.5 Å². The molecule has 0 bridgehead atoms. The van der Waals surface area contributed by atoms with Crippen molar-refractivity contribution in [3.63, 3.8) is 0 Å². The van der Waals surface area contributed by atoms with Gasteiger partial charge in [0.05, 0.1) is 4.90 Å². The van der Waals surface area contributed by atoms with E-state index in [4.69, 9.17) is 21.1 Å². The van der Waals surface area contributed by atoms with Gasteiger partial charge in [0, 0.05) is 17.6 Å². The fourth-order valence-electron chi connectivity index (χ4n) is 2.46. The molecule has 3 rings (SSSR count). The van der Waals surface area contributed by atoms with Gasteiger partial charge >= 0.3 is 0 Å². The maximum atomic E-state index is 12.4. The quantitative estimate of drug-likeness (QED) is 0.797.